The number of fused-ring (bicyclic) bond motifs is 2. The van der Waals surface area contributed by atoms with Crippen LogP contribution in [-0.4, -0.2) is 36.1 Å². The van der Waals surface area contributed by atoms with Crippen molar-refractivity contribution in [2.45, 2.75) is 37.4 Å². The number of carbonyl (C=O) groups is 1. The lowest BCUT2D eigenvalue weighted by molar-refractivity contribution is 0.0935. The summed E-state index contributed by atoms with van der Waals surface area (Å²) in [6.45, 7) is 0. The first kappa shape index (κ1) is 14.9. The van der Waals surface area contributed by atoms with Gasteiger partial charge in [0.05, 0.1) is 18.2 Å². The zero-order valence-corrected chi connectivity index (χ0v) is 14.2. The monoisotopic (exact) mass is 351 g/mol. The Kier molecular flexibility index (Phi) is 3.96. The Labute approximate surface area is 141 Å². The third-order valence-corrected chi connectivity index (χ3v) is 6.06. The minimum Gasteiger partial charge on any atom is -0.473 e. The molecule has 3 unspecified atom stereocenters. The van der Waals surface area contributed by atoms with Crippen molar-refractivity contribution >= 4 is 28.6 Å². The third kappa shape index (κ3) is 3.06. The van der Waals surface area contributed by atoms with Crippen molar-refractivity contribution in [3.8, 4) is 15.3 Å². The molecule has 23 heavy (non-hydrogen) atoms. The van der Waals surface area contributed by atoms with Crippen molar-refractivity contribution < 1.29 is 14.3 Å². The largest absolute Gasteiger partial charge is 0.473 e. The molecule has 3 atom stereocenters. The molecule has 122 valence electrons. The summed E-state index contributed by atoms with van der Waals surface area (Å²) in [6, 6.07) is 4.87. The molecule has 0 radical (unpaired) electrons. The van der Waals surface area contributed by atoms with E-state index in [-0.39, 0.29) is 11.9 Å². The molecule has 2 fully saturated rings. The van der Waals surface area contributed by atoms with Gasteiger partial charge in [-0.25, -0.2) is 4.98 Å². The molecule has 0 aliphatic carbocycles. The number of nitrogens with zero attached hydrogens (tertiary/aromatic N) is 1. The first-order chi connectivity index (χ1) is 11.2. The number of hydrogen-bond acceptors (Lipinski definition) is 7. The van der Waals surface area contributed by atoms with Crippen LogP contribution in [0.3, 0.4) is 0 Å². The van der Waals surface area contributed by atoms with Gasteiger partial charge in [0, 0.05) is 18.1 Å². The van der Waals surface area contributed by atoms with Gasteiger partial charge in [-0.2, -0.15) is 0 Å². The van der Waals surface area contributed by atoms with Gasteiger partial charge in [0.15, 0.2) is 5.06 Å². The van der Waals surface area contributed by atoms with Crippen molar-refractivity contribution in [1.29, 1.82) is 0 Å². The molecule has 0 aromatic carbocycles. The molecule has 4 heterocycles. The summed E-state index contributed by atoms with van der Waals surface area (Å²) >= 11 is 2.66. The normalized spacial score (nSPS) is 25.5. The lowest BCUT2D eigenvalue weighted by Crippen LogP contribution is -2.42. The molecule has 2 aliphatic heterocycles. The number of ether oxygens (including phenoxy) is 2. The average molecular weight is 351 g/mol. The van der Waals surface area contributed by atoms with Crippen molar-refractivity contribution in [3.05, 3.63) is 23.2 Å². The van der Waals surface area contributed by atoms with Crippen LogP contribution in [0.4, 0.5) is 0 Å². The summed E-state index contributed by atoms with van der Waals surface area (Å²) in [5.74, 6) is -0.0221. The van der Waals surface area contributed by atoms with E-state index in [0.29, 0.717) is 32.3 Å². The Bertz CT molecular complexity index is 714. The molecular weight excluding hydrogens is 334 g/mol. The van der Waals surface area contributed by atoms with Crippen LogP contribution >= 0.6 is 22.7 Å². The maximum atomic E-state index is 12.4. The molecule has 6 nitrogen and oxygen atoms in total. The summed E-state index contributed by atoms with van der Waals surface area (Å²) in [4.78, 5) is 17.1. The second-order valence-corrected chi connectivity index (χ2v) is 7.74. The molecule has 4 rings (SSSR count). The lowest BCUT2D eigenvalue weighted by Gasteiger charge is -2.20. The maximum Gasteiger partial charge on any atom is 0.276 e. The highest BCUT2D eigenvalue weighted by Gasteiger charge is 2.39. The van der Waals surface area contributed by atoms with Gasteiger partial charge in [-0.15, -0.1) is 0 Å². The zero-order valence-electron chi connectivity index (χ0n) is 12.6. The van der Waals surface area contributed by atoms with Crippen LogP contribution in [0.15, 0.2) is 18.3 Å². The number of nitrogens with one attached hydrogen (secondary N) is 2. The number of aromatic nitrogens is 1. The van der Waals surface area contributed by atoms with Crippen LogP contribution in [-0.2, 0) is 0 Å². The molecule has 2 N–H and O–H groups in total. The number of hydrogen-bond donors (Lipinski definition) is 2. The van der Waals surface area contributed by atoms with E-state index in [0.717, 1.165) is 12.8 Å². The maximum absolute atomic E-state index is 12.4. The van der Waals surface area contributed by atoms with Crippen LogP contribution in [0.5, 0.6) is 15.3 Å². The quantitative estimate of drug-likeness (QED) is 0.866. The van der Waals surface area contributed by atoms with Gasteiger partial charge in [-0.1, -0.05) is 11.3 Å². The van der Waals surface area contributed by atoms with Crippen LogP contribution in [0.1, 0.15) is 28.9 Å². The standard InChI is InChI=1S/C15H17N3O3S2/c1-20-15-16-7-13(23-15)21-12-5-4-11(22-12)14(19)18-10-6-8-2-3-9(10)17-8/h4-5,7-10,17H,2-3,6H2,1H3,(H,18,19). The predicted octanol–water partition coefficient (Wildman–Crippen LogP) is 2.63. The van der Waals surface area contributed by atoms with Gasteiger partial charge >= 0.3 is 0 Å². The molecule has 2 saturated heterocycles. The molecule has 0 spiro atoms. The number of thiophene rings is 1. The molecule has 8 heteroatoms. The van der Waals surface area contributed by atoms with Gasteiger partial charge in [0.2, 0.25) is 5.06 Å². The van der Waals surface area contributed by atoms with E-state index in [4.69, 9.17) is 9.47 Å². The molecule has 1 amide bonds. The van der Waals surface area contributed by atoms with E-state index in [9.17, 15) is 4.79 Å². The Balaban J connectivity index is 1.38. The summed E-state index contributed by atoms with van der Waals surface area (Å²) in [5.41, 5.74) is 0. The molecule has 2 bridgehead atoms. The van der Waals surface area contributed by atoms with E-state index < -0.39 is 0 Å². The molecular formula is C15H17N3O3S2. The SMILES string of the molecule is COc1ncc(Oc2ccc(C(=O)NC3CC4CCC3N4)s2)s1. The number of carbonyl (C=O) groups excluding carboxylic acids is 1. The van der Waals surface area contributed by atoms with Gasteiger partial charge in [-0.3, -0.25) is 4.79 Å². The number of thiazole rings is 1. The fourth-order valence-electron chi connectivity index (χ4n) is 3.21. The topological polar surface area (TPSA) is 72.5 Å². The van der Waals surface area contributed by atoms with E-state index in [2.05, 4.69) is 15.6 Å². The lowest BCUT2D eigenvalue weighted by atomic mass is 9.95. The fourth-order valence-corrected chi connectivity index (χ4v) is 4.63. The fraction of sp³-hybridized carbons (Fsp3) is 0.467. The Morgan fingerprint density at radius 1 is 1.35 bits per heavy atom. The van der Waals surface area contributed by atoms with Crippen molar-refractivity contribution in [3.63, 3.8) is 0 Å². The highest BCUT2D eigenvalue weighted by Crippen LogP contribution is 2.35. The molecule has 2 aliphatic rings. The third-order valence-electron chi connectivity index (χ3n) is 4.26. The number of amides is 1. The minimum atomic E-state index is -0.0221. The van der Waals surface area contributed by atoms with E-state index >= 15 is 0 Å². The molecule has 2 aromatic rings. The second-order valence-electron chi connectivity index (χ2n) is 5.73. The first-order valence-corrected chi connectivity index (χ1v) is 9.19. The Hall–Kier alpha value is -1.64. The second kappa shape index (κ2) is 6.10. The van der Waals surface area contributed by atoms with Crippen molar-refractivity contribution in [2.24, 2.45) is 0 Å². The van der Waals surface area contributed by atoms with Crippen LogP contribution < -0.4 is 20.1 Å². The van der Waals surface area contributed by atoms with E-state index in [1.807, 2.05) is 6.07 Å². The summed E-state index contributed by atoms with van der Waals surface area (Å²) in [6.07, 6.45) is 5.03. The Morgan fingerprint density at radius 2 is 2.26 bits per heavy atom. The summed E-state index contributed by atoms with van der Waals surface area (Å²) < 4.78 is 10.7. The van der Waals surface area contributed by atoms with Gasteiger partial charge in [0.1, 0.15) is 0 Å². The summed E-state index contributed by atoms with van der Waals surface area (Å²) in [5, 5.41) is 8.54. The molecule has 2 aromatic heterocycles. The van der Waals surface area contributed by atoms with Crippen LogP contribution in [0.2, 0.25) is 0 Å². The van der Waals surface area contributed by atoms with Gasteiger partial charge in [-0.05, 0) is 42.7 Å². The Morgan fingerprint density at radius 3 is 2.96 bits per heavy atom. The van der Waals surface area contributed by atoms with Crippen LogP contribution in [0, 0.1) is 0 Å². The summed E-state index contributed by atoms with van der Waals surface area (Å²) in [7, 11) is 1.57. The van der Waals surface area contributed by atoms with Crippen molar-refractivity contribution in [1.82, 2.24) is 15.6 Å². The first-order valence-electron chi connectivity index (χ1n) is 7.55. The molecule has 0 saturated carbocycles. The average Bonchev–Trinajstić information content (AvgIpc) is 3.32. The zero-order chi connectivity index (χ0) is 15.8. The highest BCUT2D eigenvalue weighted by atomic mass is 32.1. The van der Waals surface area contributed by atoms with E-state index in [1.54, 1.807) is 19.4 Å². The predicted molar refractivity (Wildman–Crippen MR) is 88.9 cm³/mol. The van der Waals surface area contributed by atoms with Crippen LogP contribution in [0.25, 0.3) is 0 Å². The van der Waals surface area contributed by atoms with Gasteiger partial charge in [0.25, 0.3) is 11.1 Å². The number of rotatable bonds is 5. The minimum absolute atomic E-state index is 0.0221. The van der Waals surface area contributed by atoms with Gasteiger partial charge < -0.3 is 20.1 Å². The number of methoxy groups -OCH3 is 1. The highest BCUT2D eigenvalue weighted by molar-refractivity contribution is 7.16. The van der Waals surface area contributed by atoms with E-state index in [1.165, 1.54) is 29.1 Å². The van der Waals surface area contributed by atoms with Crippen molar-refractivity contribution in [2.75, 3.05) is 7.11 Å². The smallest absolute Gasteiger partial charge is 0.276 e.